The van der Waals surface area contributed by atoms with Gasteiger partial charge in [-0.3, -0.25) is 4.79 Å². The molecule has 3 heterocycles. The molecule has 176 valence electrons. The van der Waals surface area contributed by atoms with Crippen LogP contribution < -0.4 is 5.32 Å². The first kappa shape index (κ1) is 23.7. The van der Waals surface area contributed by atoms with Crippen molar-refractivity contribution in [3.8, 4) is 0 Å². The molecule has 1 saturated heterocycles. The van der Waals surface area contributed by atoms with E-state index < -0.39 is 0 Å². The Hall–Kier alpha value is -2.41. The summed E-state index contributed by atoms with van der Waals surface area (Å²) < 4.78 is 7.58. The Kier molecular flexibility index (Phi) is 8.02. The predicted octanol–water partition coefficient (Wildman–Crippen LogP) is 4.40. The van der Waals surface area contributed by atoms with Gasteiger partial charge in [-0.15, -0.1) is 0 Å². The van der Waals surface area contributed by atoms with Crippen molar-refractivity contribution in [2.45, 2.75) is 52.2 Å². The number of morpholine rings is 1. The van der Waals surface area contributed by atoms with Crippen LogP contribution in [0.15, 0.2) is 53.9 Å². The number of hydrogen-bond donors (Lipinski definition) is 1. The average Bonchev–Trinajstić information content (AvgIpc) is 3.58. The van der Waals surface area contributed by atoms with Gasteiger partial charge >= 0.3 is 0 Å². The summed E-state index contributed by atoms with van der Waals surface area (Å²) in [6.07, 6.45) is 9.58. The van der Waals surface area contributed by atoms with Crippen LogP contribution >= 0.6 is 11.6 Å². The monoisotopic (exact) mass is 468 g/mol. The average molecular weight is 469 g/mol. The van der Waals surface area contributed by atoms with Gasteiger partial charge in [-0.2, -0.15) is 0 Å². The highest BCUT2D eigenvalue weighted by molar-refractivity contribution is 6.31. The molecule has 1 aromatic carbocycles. The van der Waals surface area contributed by atoms with E-state index in [0.29, 0.717) is 6.04 Å². The molecule has 3 aliphatic rings. The second-order valence-electron chi connectivity index (χ2n) is 8.62. The zero-order valence-electron chi connectivity index (χ0n) is 19.5. The number of carbonyl (C=O) groups is 1. The quantitative estimate of drug-likeness (QED) is 0.659. The van der Waals surface area contributed by atoms with Crippen molar-refractivity contribution in [2.75, 3.05) is 26.3 Å². The number of nitrogens with zero attached hydrogens (tertiary/aromatic N) is 3. The number of aromatic nitrogens is 2. The SMILES string of the molecule is CC(=O)c1cnc2n1CCN(C(/C=C/C1COCCN1)=C1CC1)C2.CCc1ccccc1Cl. The molecule has 1 aliphatic carbocycles. The maximum Gasteiger partial charge on any atom is 0.177 e. The van der Waals surface area contributed by atoms with Crippen LogP contribution in [0.5, 0.6) is 0 Å². The van der Waals surface area contributed by atoms with Crippen LogP contribution in [-0.2, 0) is 24.2 Å². The highest BCUT2D eigenvalue weighted by Gasteiger charge is 2.26. The van der Waals surface area contributed by atoms with Crippen LogP contribution in [0.3, 0.4) is 0 Å². The number of allylic oxidation sites excluding steroid dienone is 2. The van der Waals surface area contributed by atoms with Crippen molar-refractivity contribution in [1.29, 1.82) is 0 Å². The molecule has 2 fully saturated rings. The fraction of sp³-hybridized carbons (Fsp3) is 0.462. The van der Waals surface area contributed by atoms with E-state index >= 15 is 0 Å². The molecule has 1 saturated carbocycles. The molecule has 6 nitrogen and oxygen atoms in total. The van der Waals surface area contributed by atoms with E-state index in [1.165, 1.54) is 29.7 Å². The van der Waals surface area contributed by atoms with Gasteiger partial charge in [0.2, 0.25) is 0 Å². The van der Waals surface area contributed by atoms with Crippen LogP contribution in [0.1, 0.15) is 48.6 Å². The van der Waals surface area contributed by atoms with Crippen molar-refractivity contribution in [3.63, 3.8) is 0 Å². The lowest BCUT2D eigenvalue weighted by Crippen LogP contribution is -2.40. The van der Waals surface area contributed by atoms with Crippen molar-refractivity contribution in [3.05, 3.63) is 76.0 Å². The Bertz CT molecular complexity index is 1030. The summed E-state index contributed by atoms with van der Waals surface area (Å²) in [7, 11) is 0. The molecule has 7 heteroatoms. The maximum atomic E-state index is 11.7. The molecular formula is C26H33ClN4O2. The number of halogens is 1. The fourth-order valence-electron chi connectivity index (χ4n) is 4.21. The Labute approximate surface area is 201 Å². The van der Waals surface area contributed by atoms with Crippen LogP contribution in [0.2, 0.25) is 5.02 Å². The standard InChI is InChI=1S/C18H24N4O2.C8H9Cl/c1-13(23)17-10-20-18-11-21(7-8-22(17)18)16(14-2-3-14)5-4-15-12-24-9-6-19-15;1-2-7-5-3-4-6-8(7)9/h4-5,10,15,19H,2-3,6-9,11-12H2,1H3;3-6H,2H2,1H3/b5-4+;. The van der Waals surface area contributed by atoms with Gasteiger partial charge < -0.3 is 19.5 Å². The minimum absolute atomic E-state index is 0.0891. The van der Waals surface area contributed by atoms with E-state index in [1.54, 1.807) is 13.1 Å². The lowest BCUT2D eigenvalue weighted by Gasteiger charge is -2.31. The molecule has 1 atom stereocenters. The van der Waals surface area contributed by atoms with E-state index in [0.717, 1.165) is 62.4 Å². The third-order valence-electron chi connectivity index (χ3n) is 6.20. The number of benzene rings is 1. The van der Waals surface area contributed by atoms with Crippen LogP contribution in [0.4, 0.5) is 0 Å². The van der Waals surface area contributed by atoms with E-state index in [9.17, 15) is 4.79 Å². The lowest BCUT2D eigenvalue weighted by atomic mass is 10.2. The molecule has 0 bridgehead atoms. The first-order valence-electron chi connectivity index (χ1n) is 11.8. The van der Waals surface area contributed by atoms with Gasteiger partial charge in [0.25, 0.3) is 0 Å². The zero-order chi connectivity index (χ0) is 23.2. The van der Waals surface area contributed by atoms with E-state index in [1.807, 2.05) is 24.3 Å². The predicted molar refractivity (Wildman–Crippen MR) is 131 cm³/mol. The minimum atomic E-state index is 0.0891. The maximum absolute atomic E-state index is 11.7. The Morgan fingerprint density at radius 3 is 2.76 bits per heavy atom. The van der Waals surface area contributed by atoms with Crippen LogP contribution in [0, 0.1) is 0 Å². The molecule has 2 aromatic rings. The summed E-state index contributed by atoms with van der Waals surface area (Å²) in [5.74, 6) is 1.07. The summed E-state index contributed by atoms with van der Waals surface area (Å²) in [6.45, 7) is 8.66. The van der Waals surface area contributed by atoms with Crippen molar-refractivity contribution in [2.24, 2.45) is 0 Å². The number of Topliss-reactive ketones (excluding diaryl/α,β-unsaturated/α-hetero) is 1. The molecule has 33 heavy (non-hydrogen) atoms. The third-order valence-corrected chi connectivity index (χ3v) is 6.57. The van der Waals surface area contributed by atoms with Gasteiger partial charge in [0.1, 0.15) is 11.5 Å². The zero-order valence-corrected chi connectivity index (χ0v) is 20.3. The topological polar surface area (TPSA) is 59.4 Å². The number of ketones is 1. The van der Waals surface area contributed by atoms with Crippen LogP contribution in [0.25, 0.3) is 0 Å². The van der Waals surface area contributed by atoms with Gasteiger partial charge in [0.15, 0.2) is 5.78 Å². The largest absolute Gasteiger partial charge is 0.378 e. The summed E-state index contributed by atoms with van der Waals surface area (Å²) in [5, 5.41) is 4.34. The molecule has 1 aromatic heterocycles. The number of imidazole rings is 1. The number of ether oxygens (including phenoxy) is 1. The van der Waals surface area contributed by atoms with Gasteiger partial charge in [0, 0.05) is 43.3 Å². The summed E-state index contributed by atoms with van der Waals surface area (Å²) in [6, 6.07) is 8.21. The number of aryl methyl sites for hydroxylation is 1. The summed E-state index contributed by atoms with van der Waals surface area (Å²) >= 11 is 5.82. The number of rotatable bonds is 5. The Morgan fingerprint density at radius 1 is 1.30 bits per heavy atom. The van der Waals surface area contributed by atoms with E-state index in [4.69, 9.17) is 16.3 Å². The molecule has 1 unspecified atom stereocenters. The molecule has 0 radical (unpaired) electrons. The normalized spacial score (nSPS) is 19.7. The highest BCUT2D eigenvalue weighted by Crippen LogP contribution is 2.35. The Morgan fingerprint density at radius 2 is 2.12 bits per heavy atom. The number of carbonyl (C=O) groups excluding carboxylic acids is 1. The van der Waals surface area contributed by atoms with Gasteiger partial charge in [-0.1, -0.05) is 42.8 Å². The lowest BCUT2D eigenvalue weighted by molar-refractivity contribution is 0.0900. The van der Waals surface area contributed by atoms with E-state index in [2.05, 4.69) is 38.8 Å². The Balaban J connectivity index is 0.000000243. The molecule has 1 N–H and O–H groups in total. The number of fused-ring (bicyclic) bond motifs is 1. The smallest absolute Gasteiger partial charge is 0.177 e. The van der Waals surface area contributed by atoms with Gasteiger partial charge in [-0.05, 0) is 42.5 Å². The third kappa shape index (κ3) is 6.14. The molecule has 0 spiro atoms. The van der Waals surface area contributed by atoms with E-state index in [-0.39, 0.29) is 5.78 Å². The van der Waals surface area contributed by atoms with Gasteiger partial charge in [-0.25, -0.2) is 4.98 Å². The fourth-order valence-corrected chi connectivity index (χ4v) is 4.48. The number of nitrogens with one attached hydrogen (secondary N) is 1. The first-order valence-corrected chi connectivity index (χ1v) is 12.2. The van der Waals surface area contributed by atoms with Crippen molar-refractivity contribution < 1.29 is 9.53 Å². The van der Waals surface area contributed by atoms with Crippen molar-refractivity contribution in [1.82, 2.24) is 19.8 Å². The molecule has 0 amide bonds. The molecule has 2 aliphatic heterocycles. The van der Waals surface area contributed by atoms with Crippen LogP contribution in [-0.4, -0.2) is 52.6 Å². The second-order valence-corrected chi connectivity index (χ2v) is 9.02. The molecule has 5 rings (SSSR count). The van der Waals surface area contributed by atoms with Crippen molar-refractivity contribution >= 4 is 17.4 Å². The highest BCUT2D eigenvalue weighted by atomic mass is 35.5. The second kappa shape index (κ2) is 11.1. The minimum Gasteiger partial charge on any atom is -0.378 e. The summed E-state index contributed by atoms with van der Waals surface area (Å²) in [5.41, 5.74) is 4.80. The first-order chi connectivity index (χ1) is 16.1. The summed E-state index contributed by atoms with van der Waals surface area (Å²) in [4.78, 5) is 18.5. The molecular weight excluding hydrogens is 436 g/mol. The number of hydrogen-bond acceptors (Lipinski definition) is 5. The van der Waals surface area contributed by atoms with Gasteiger partial charge in [0.05, 0.1) is 26.0 Å².